The second-order valence-corrected chi connectivity index (χ2v) is 6.73. The van der Waals surface area contributed by atoms with Gasteiger partial charge in [-0.05, 0) is 60.3 Å². The van der Waals surface area contributed by atoms with E-state index in [4.69, 9.17) is 4.42 Å². The zero-order valence-corrected chi connectivity index (χ0v) is 14.5. The molecule has 5 nitrogen and oxygen atoms in total. The summed E-state index contributed by atoms with van der Waals surface area (Å²) in [4.78, 5) is 14.3. The molecule has 0 amide bonds. The summed E-state index contributed by atoms with van der Waals surface area (Å²) in [6.07, 6.45) is 2.00. The van der Waals surface area contributed by atoms with Crippen LogP contribution in [0.25, 0.3) is 11.1 Å². The maximum absolute atomic E-state index is 11.9. The lowest BCUT2D eigenvalue weighted by Crippen LogP contribution is -2.36. The number of benzene rings is 2. The van der Waals surface area contributed by atoms with Gasteiger partial charge in [0.05, 0.1) is 11.6 Å². The van der Waals surface area contributed by atoms with Crippen LogP contribution in [-0.4, -0.2) is 27.7 Å². The molecule has 1 aliphatic rings. The molecule has 3 aromatic rings. The van der Waals surface area contributed by atoms with Crippen molar-refractivity contribution in [2.45, 2.75) is 25.8 Å². The molecular formula is C20H22N2O3. The molecular weight excluding hydrogens is 316 g/mol. The highest BCUT2D eigenvalue weighted by Gasteiger charge is 2.29. The van der Waals surface area contributed by atoms with Crippen LogP contribution in [0.4, 0.5) is 0 Å². The second kappa shape index (κ2) is 6.08. The van der Waals surface area contributed by atoms with E-state index in [9.17, 15) is 9.90 Å². The summed E-state index contributed by atoms with van der Waals surface area (Å²) >= 11 is 0. The molecule has 1 aliphatic heterocycles. The average molecular weight is 338 g/mol. The average Bonchev–Trinajstić information content (AvgIpc) is 2.87. The van der Waals surface area contributed by atoms with E-state index < -0.39 is 0 Å². The molecule has 2 aromatic carbocycles. The van der Waals surface area contributed by atoms with E-state index in [0.29, 0.717) is 5.58 Å². The largest absolute Gasteiger partial charge is 0.508 e. The zero-order valence-electron chi connectivity index (χ0n) is 14.5. The van der Waals surface area contributed by atoms with Gasteiger partial charge in [0.2, 0.25) is 0 Å². The summed E-state index contributed by atoms with van der Waals surface area (Å²) in [5.74, 6) is -0.0606. The van der Waals surface area contributed by atoms with Gasteiger partial charge in [-0.2, -0.15) is 0 Å². The van der Waals surface area contributed by atoms with E-state index >= 15 is 0 Å². The van der Waals surface area contributed by atoms with Gasteiger partial charge in [-0.15, -0.1) is 0 Å². The van der Waals surface area contributed by atoms with Gasteiger partial charge in [0.1, 0.15) is 5.75 Å². The van der Waals surface area contributed by atoms with E-state index in [1.54, 1.807) is 17.7 Å². The van der Waals surface area contributed by atoms with Crippen LogP contribution in [0.5, 0.6) is 5.75 Å². The Labute approximate surface area is 146 Å². The number of aromatic hydroxyl groups is 1. The minimum absolute atomic E-state index is 0.0743. The normalized spacial score (nSPS) is 17.8. The first-order valence-electron chi connectivity index (χ1n) is 8.74. The third-order valence-electron chi connectivity index (χ3n) is 5.08. The number of fused-ring (bicyclic) bond motifs is 2. The summed E-state index contributed by atoms with van der Waals surface area (Å²) in [6, 6.07) is 11.6. The molecule has 0 spiro atoms. The Hall–Kier alpha value is -2.53. The molecule has 1 atom stereocenters. The van der Waals surface area contributed by atoms with Crippen LogP contribution in [0.3, 0.4) is 0 Å². The molecule has 1 unspecified atom stereocenters. The van der Waals surface area contributed by atoms with Crippen LogP contribution < -0.4 is 5.76 Å². The van der Waals surface area contributed by atoms with Gasteiger partial charge in [-0.1, -0.05) is 19.1 Å². The van der Waals surface area contributed by atoms with Gasteiger partial charge in [0.15, 0.2) is 5.58 Å². The van der Waals surface area contributed by atoms with Crippen LogP contribution in [0.1, 0.15) is 36.1 Å². The Balaban J connectivity index is 1.93. The van der Waals surface area contributed by atoms with Gasteiger partial charge >= 0.3 is 5.76 Å². The molecule has 0 aliphatic carbocycles. The Morgan fingerprint density at radius 1 is 1.28 bits per heavy atom. The summed E-state index contributed by atoms with van der Waals surface area (Å²) in [7, 11) is 1.73. The summed E-state index contributed by atoms with van der Waals surface area (Å²) in [5.41, 5.74) is 4.93. The first-order valence-corrected chi connectivity index (χ1v) is 8.74. The van der Waals surface area contributed by atoms with Crippen LogP contribution >= 0.6 is 0 Å². The van der Waals surface area contributed by atoms with Crippen LogP contribution in [0.15, 0.2) is 45.6 Å². The molecule has 0 saturated carbocycles. The van der Waals surface area contributed by atoms with Gasteiger partial charge in [-0.3, -0.25) is 9.47 Å². The van der Waals surface area contributed by atoms with Crippen LogP contribution in [0.2, 0.25) is 0 Å². The van der Waals surface area contributed by atoms with Gasteiger partial charge < -0.3 is 9.52 Å². The lowest BCUT2D eigenvalue weighted by atomic mass is 9.87. The highest BCUT2D eigenvalue weighted by atomic mass is 16.4. The summed E-state index contributed by atoms with van der Waals surface area (Å²) < 4.78 is 6.90. The number of aromatic nitrogens is 1. The van der Waals surface area contributed by atoms with Crippen molar-refractivity contribution in [2.24, 2.45) is 7.05 Å². The number of nitrogens with zero attached hydrogens (tertiary/aromatic N) is 2. The smallest absolute Gasteiger partial charge is 0.419 e. The van der Waals surface area contributed by atoms with Crippen LogP contribution in [0, 0.1) is 0 Å². The predicted molar refractivity (Wildman–Crippen MR) is 97.0 cm³/mol. The second-order valence-electron chi connectivity index (χ2n) is 6.73. The van der Waals surface area contributed by atoms with E-state index in [2.05, 4.69) is 24.0 Å². The number of phenols is 1. The fraction of sp³-hybridized carbons (Fsp3) is 0.350. The standard InChI is InChI=1S/C20H22N2O3/c1-3-8-22-9-7-13-11-18-17(21(2)20(24)25-18)12-16(13)19(22)14-5-4-6-15(23)10-14/h4-6,10-12,19,23H,3,7-9H2,1-2H3. The van der Waals surface area contributed by atoms with E-state index in [0.717, 1.165) is 37.0 Å². The van der Waals surface area contributed by atoms with Crippen molar-refractivity contribution >= 4 is 11.1 Å². The highest BCUT2D eigenvalue weighted by Crippen LogP contribution is 2.38. The van der Waals surface area contributed by atoms with Gasteiger partial charge in [0, 0.05) is 13.6 Å². The van der Waals surface area contributed by atoms with Crippen molar-refractivity contribution in [3.05, 3.63) is 63.6 Å². The molecule has 0 saturated heterocycles. The molecule has 5 heteroatoms. The Bertz CT molecular complexity index is 986. The lowest BCUT2D eigenvalue weighted by Gasteiger charge is -2.37. The Kier molecular flexibility index (Phi) is 3.88. The van der Waals surface area contributed by atoms with Crippen molar-refractivity contribution in [3.8, 4) is 5.75 Å². The topological polar surface area (TPSA) is 58.6 Å². The number of aryl methyl sites for hydroxylation is 1. The number of oxazole rings is 1. The molecule has 0 fully saturated rings. The van der Waals surface area contributed by atoms with Crippen molar-refractivity contribution in [1.82, 2.24) is 9.47 Å². The molecule has 130 valence electrons. The summed E-state index contributed by atoms with van der Waals surface area (Å²) in [6.45, 7) is 4.11. The number of hydrogen-bond donors (Lipinski definition) is 1. The number of phenolic OH excluding ortho intramolecular Hbond substituents is 1. The minimum Gasteiger partial charge on any atom is -0.508 e. The van der Waals surface area contributed by atoms with Gasteiger partial charge in [-0.25, -0.2) is 4.79 Å². The molecule has 0 bridgehead atoms. The minimum atomic E-state index is -0.336. The third-order valence-corrected chi connectivity index (χ3v) is 5.08. The SMILES string of the molecule is CCCN1CCc2cc3oc(=O)n(C)c3cc2C1c1cccc(O)c1. The van der Waals surface area contributed by atoms with Crippen molar-refractivity contribution < 1.29 is 9.52 Å². The zero-order chi connectivity index (χ0) is 17.6. The van der Waals surface area contributed by atoms with Crippen molar-refractivity contribution in [2.75, 3.05) is 13.1 Å². The maximum Gasteiger partial charge on any atom is 0.419 e. The fourth-order valence-corrected chi connectivity index (χ4v) is 3.91. The van der Waals surface area contributed by atoms with Crippen LogP contribution in [-0.2, 0) is 13.5 Å². The molecule has 0 radical (unpaired) electrons. The molecule has 25 heavy (non-hydrogen) atoms. The van der Waals surface area contributed by atoms with Crippen molar-refractivity contribution in [3.63, 3.8) is 0 Å². The fourth-order valence-electron chi connectivity index (χ4n) is 3.91. The Morgan fingerprint density at radius 2 is 2.12 bits per heavy atom. The predicted octanol–water partition coefficient (Wildman–Crippen LogP) is 3.19. The molecule has 4 rings (SSSR count). The number of rotatable bonds is 3. The summed E-state index contributed by atoms with van der Waals surface area (Å²) in [5, 5.41) is 9.95. The molecule has 1 N–H and O–H groups in total. The molecule has 1 aromatic heterocycles. The monoisotopic (exact) mass is 338 g/mol. The highest BCUT2D eigenvalue weighted by molar-refractivity contribution is 5.76. The first kappa shape index (κ1) is 16.0. The van der Waals surface area contributed by atoms with Crippen molar-refractivity contribution in [1.29, 1.82) is 0 Å². The van der Waals surface area contributed by atoms with E-state index in [-0.39, 0.29) is 17.5 Å². The quantitative estimate of drug-likeness (QED) is 0.797. The third kappa shape index (κ3) is 2.65. The van der Waals surface area contributed by atoms with E-state index in [1.807, 2.05) is 18.2 Å². The molecule has 2 heterocycles. The van der Waals surface area contributed by atoms with E-state index in [1.165, 1.54) is 11.1 Å². The first-order chi connectivity index (χ1) is 12.1. The number of hydrogen-bond acceptors (Lipinski definition) is 4. The lowest BCUT2D eigenvalue weighted by molar-refractivity contribution is 0.213. The van der Waals surface area contributed by atoms with Gasteiger partial charge in [0.25, 0.3) is 0 Å². The maximum atomic E-state index is 11.9. The Morgan fingerprint density at radius 3 is 2.88 bits per heavy atom.